The van der Waals surface area contributed by atoms with E-state index in [0.717, 1.165) is 0 Å². The Bertz CT molecular complexity index is 170. The summed E-state index contributed by atoms with van der Waals surface area (Å²) in [7, 11) is 0. The van der Waals surface area contributed by atoms with Crippen molar-refractivity contribution in [2.75, 3.05) is 5.88 Å². The van der Waals surface area contributed by atoms with Crippen LogP contribution < -0.4 is 0 Å². The summed E-state index contributed by atoms with van der Waals surface area (Å²) in [5, 5.41) is 5.61. The maximum Gasteiger partial charge on any atom is 0.323 e. The largest absolute Gasteiger partial charge is 0.480 e. The van der Waals surface area contributed by atoms with Crippen LogP contribution in [0.15, 0.2) is 0 Å². The van der Waals surface area contributed by atoms with Gasteiger partial charge in [-0.05, 0) is 0 Å². The van der Waals surface area contributed by atoms with Gasteiger partial charge in [-0.3, -0.25) is 9.59 Å². The third-order valence-electron chi connectivity index (χ3n) is 0.932. The Balaban J connectivity index is 4.12. The van der Waals surface area contributed by atoms with E-state index in [2.05, 4.69) is 0 Å². The number of ketones is 1. The molecule has 0 unspecified atom stereocenters. The molecule has 0 heterocycles. The third kappa shape index (κ3) is 3.27. The van der Waals surface area contributed by atoms with Crippen LogP contribution in [0.3, 0.4) is 0 Å². The highest BCUT2D eigenvalue weighted by molar-refractivity contribution is 6.45. The first-order chi connectivity index (χ1) is 5.00. The summed E-state index contributed by atoms with van der Waals surface area (Å²) in [5.74, 6) is -2.24. The van der Waals surface area contributed by atoms with Crippen LogP contribution in [0.1, 0.15) is 0 Å². The molecule has 11 heavy (non-hydrogen) atoms. The lowest BCUT2D eigenvalue weighted by molar-refractivity contribution is -0.137. The monoisotopic (exact) mass is 218 g/mol. The second-order valence-electron chi connectivity index (χ2n) is 1.74. The number of Topliss-reactive ketones (excluding diaryl/α,β-unsaturated/α-hetero) is 1. The minimum atomic E-state index is -1.41. The molecule has 0 rings (SSSR count). The molecule has 0 amide bonds. The summed E-state index contributed by atoms with van der Waals surface area (Å²) in [5.41, 5.74) is 0. The molecule has 1 N–H and O–H groups in total. The van der Waals surface area contributed by atoms with E-state index in [4.69, 9.17) is 39.9 Å². The van der Waals surface area contributed by atoms with E-state index in [1.807, 2.05) is 0 Å². The van der Waals surface area contributed by atoms with Gasteiger partial charge in [-0.15, -0.1) is 34.8 Å². The van der Waals surface area contributed by atoms with Gasteiger partial charge in [-0.2, -0.15) is 0 Å². The van der Waals surface area contributed by atoms with Crippen LogP contribution >= 0.6 is 34.8 Å². The zero-order valence-electron chi connectivity index (χ0n) is 5.26. The van der Waals surface area contributed by atoms with Crippen LogP contribution in [0.4, 0.5) is 0 Å². The highest BCUT2D eigenvalue weighted by Gasteiger charge is 2.29. The first kappa shape index (κ1) is 11.0. The van der Waals surface area contributed by atoms with Gasteiger partial charge in [0.25, 0.3) is 0 Å². The molecular weight excluding hydrogens is 214 g/mol. The number of alkyl halides is 3. The molecule has 0 saturated carbocycles. The molecule has 64 valence electrons. The van der Waals surface area contributed by atoms with Crippen molar-refractivity contribution in [2.24, 2.45) is 0 Å². The Morgan fingerprint density at radius 2 is 1.73 bits per heavy atom. The maximum atomic E-state index is 10.6. The van der Waals surface area contributed by atoms with Crippen LogP contribution in [-0.4, -0.2) is 33.5 Å². The van der Waals surface area contributed by atoms with Gasteiger partial charge in [0.1, 0.15) is 5.38 Å². The fourth-order valence-electron chi connectivity index (χ4n) is 0.362. The summed E-state index contributed by atoms with van der Waals surface area (Å²) in [4.78, 5) is 20.8. The molecular formula is C5H5Cl3O3. The number of rotatable bonds is 4. The minimum Gasteiger partial charge on any atom is -0.480 e. The fraction of sp³-hybridized carbons (Fsp3) is 0.600. The van der Waals surface area contributed by atoms with Crippen molar-refractivity contribution in [1.29, 1.82) is 0 Å². The van der Waals surface area contributed by atoms with E-state index < -0.39 is 22.5 Å². The number of carbonyl (C=O) groups is 2. The lowest BCUT2D eigenvalue weighted by Gasteiger charge is -2.07. The van der Waals surface area contributed by atoms with E-state index in [1.165, 1.54) is 0 Å². The van der Waals surface area contributed by atoms with Crippen molar-refractivity contribution in [2.45, 2.75) is 10.8 Å². The predicted octanol–water partition coefficient (Wildman–Crippen LogP) is 1.09. The number of carbonyl (C=O) groups excluding carboxylic acids is 1. The van der Waals surface area contributed by atoms with Gasteiger partial charge in [0.05, 0.1) is 5.88 Å². The van der Waals surface area contributed by atoms with Crippen molar-refractivity contribution in [1.82, 2.24) is 0 Å². The molecule has 0 saturated heterocycles. The van der Waals surface area contributed by atoms with Crippen molar-refractivity contribution in [3.05, 3.63) is 0 Å². The molecule has 0 aromatic carbocycles. The summed E-state index contributed by atoms with van der Waals surface area (Å²) < 4.78 is 0. The first-order valence-corrected chi connectivity index (χ1v) is 4.01. The summed E-state index contributed by atoms with van der Waals surface area (Å²) in [6.07, 6.45) is 0. The average Bonchev–Trinajstić information content (AvgIpc) is 2.00. The summed E-state index contributed by atoms with van der Waals surface area (Å²) in [6, 6.07) is 0. The SMILES string of the molecule is O=C(O)[C@@H](Cl)[C@@H](Cl)C(=O)CCl. The second kappa shape index (κ2) is 4.80. The molecule has 0 radical (unpaired) electrons. The zero-order valence-corrected chi connectivity index (χ0v) is 7.53. The Morgan fingerprint density at radius 1 is 1.27 bits per heavy atom. The van der Waals surface area contributed by atoms with Gasteiger partial charge < -0.3 is 5.11 Å². The molecule has 0 aromatic rings. The molecule has 0 aliphatic carbocycles. The quantitative estimate of drug-likeness (QED) is 0.720. The highest BCUT2D eigenvalue weighted by Crippen LogP contribution is 2.11. The van der Waals surface area contributed by atoms with E-state index >= 15 is 0 Å². The molecule has 6 heteroatoms. The number of aliphatic carboxylic acids is 1. The van der Waals surface area contributed by atoms with Gasteiger partial charge in [0.2, 0.25) is 0 Å². The standard InChI is InChI=1S/C5H5Cl3O3/c6-1-2(9)3(7)4(8)5(10)11/h3-4H,1H2,(H,10,11)/t3-,4-/m0/s1. The van der Waals surface area contributed by atoms with Gasteiger partial charge in [-0.25, -0.2) is 0 Å². The highest BCUT2D eigenvalue weighted by atomic mass is 35.5. The molecule has 0 bridgehead atoms. The Morgan fingerprint density at radius 3 is 2.00 bits per heavy atom. The number of halogens is 3. The lowest BCUT2D eigenvalue weighted by atomic mass is 10.2. The maximum absolute atomic E-state index is 10.6. The molecule has 2 atom stereocenters. The topological polar surface area (TPSA) is 54.4 Å². The lowest BCUT2D eigenvalue weighted by Crippen LogP contribution is -2.32. The number of carboxylic acids is 1. The van der Waals surface area contributed by atoms with Gasteiger partial charge in [0, 0.05) is 0 Å². The van der Waals surface area contributed by atoms with E-state index in [0.29, 0.717) is 0 Å². The van der Waals surface area contributed by atoms with Gasteiger partial charge in [0.15, 0.2) is 11.2 Å². The van der Waals surface area contributed by atoms with Gasteiger partial charge in [-0.1, -0.05) is 0 Å². The summed E-state index contributed by atoms with van der Waals surface area (Å²) in [6.45, 7) is 0. The van der Waals surface area contributed by atoms with Crippen LogP contribution in [0.25, 0.3) is 0 Å². The van der Waals surface area contributed by atoms with E-state index in [9.17, 15) is 9.59 Å². The van der Waals surface area contributed by atoms with Crippen LogP contribution in [0, 0.1) is 0 Å². The normalized spacial score (nSPS) is 15.5. The minimum absolute atomic E-state index is 0.329. The molecule has 0 aromatic heterocycles. The predicted molar refractivity (Wildman–Crippen MR) is 42.6 cm³/mol. The number of hydrogen-bond acceptors (Lipinski definition) is 2. The molecule has 3 nitrogen and oxygen atoms in total. The van der Waals surface area contributed by atoms with Crippen LogP contribution in [0.5, 0.6) is 0 Å². The fourth-order valence-corrected chi connectivity index (χ4v) is 0.933. The first-order valence-electron chi connectivity index (χ1n) is 2.60. The van der Waals surface area contributed by atoms with E-state index in [-0.39, 0.29) is 5.88 Å². The van der Waals surface area contributed by atoms with Crippen molar-refractivity contribution < 1.29 is 14.7 Å². The molecule has 0 aliphatic heterocycles. The molecule has 0 spiro atoms. The van der Waals surface area contributed by atoms with Crippen molar-refractivity contribution >= 4 is 46.6 Å². The van der Waals surface area contributed by atoms with Gasteiger partial charge >= 0.3 is 5.97 Å². The van der Waals surface area contributed by atoms with Crippen LogP contribution in [0.2, 0.25) is 0 Å². The average molecular weight is 219 g/mol. The Hall–Kier alpha value is 0.01000. The second-order valence-corrected chi connectivity index (χ2v) is 2.95. The number of carboxylic acid groups (broad SMARTS) is 1. The zero-order chi connectivity index (χ0) is 9.02. The molecule has 0 aliphatic rings. The van der Waals surface area contributed by atoms with Crippen LogP contribution in [-0.2, 0) is 9.59 Å². The molecule has 0 fully saturated rings. The van der Waals surface area contributed by atoms with Crippen molar-refractivity contribution in [3.63, 3.8) is 0 Å². The third-order valence-corrected chi connectivity index (χ3v) is 2.26. The smallest absolute Gasteiger partial charge is 0.323 e. The summed E-state index contributed by atoms with van der Waals surface area (Å²) >= 11 is 15.7. The Labute approximate surface area is 78.2 Å². The Kier molecular flexibility index (Phi) is 4.81. The van der Waals surface area contributed by atoms with Crippen molar-refractivity contribution in [3.8, 4) is 0 Å². The van der Waals surface area contributed by atoms with E-state index in [1.54, 1.807) is 0 Å². The number of hydrogen-bond donors (Lipinski definition) is 1.